The zero-order valence-corrected chi connectivity index (χ0v) is 13.7. The number of hydrogen-bond donors (Lipinski definition) is 0. The Morgan fingerprint density at radius 1 is 1.26 bits per heavy atom. The van der Waals surface area contributed by atoms with Gasteiger partial charge in [0, 0.05) is 36.8 Å². The second-order valence-electron chi connectivity index (χ2n) is 5.90. The zero-order valence-electron chi connectivity index (χ0n) is 13.7. The molecular weight excluding hydrogens is 290 g/mol. The molecule has 1 atom stereocenters. The molecule has 1 aliphatic heterocycles. The standard InChI is InChI=1S/C18H23N3O2/c1-3-16-12-20(4-2)9-10-21(16)18(22)15-7-5-14(6-8-15)17-11-19-13-23-17/h5-8,11,13,16H,3-4,9-10,12H2,1-2H3/t16-/m1/s1. The van der Waals surface area contributed by atoms with Crippen LogP contribution in [0.1, 0.15) is 30.6 Å². The van der Waals surface area contributed by atoms with Gasteiger partial charge in [-0.15, -0.1) is 0 Å². The Balaban J connectivity index is 1.74. The number of aromatic nitrogens is 1. The molecule has 1 aliphatic rings. The Labute approximate surface area is 136 Å². The second-order valence-corrected chi connectivity index (χ2v) is 5.90. The number of hydrogen-bond acceptors (Lipinski definition) is 4. The maximum atomic E-state index is 12.8. The average molecular weight is 313 g/mol. The summed E-state index contributed by atoms with van der Waals surface area (Å²) in [6.45, 7) is 8.09. The number of carbonyl (C=O) groups excluding carboxylic acids is 1. The first-order chi connectivity index (χ1) is 11.2. The first-order valence-electron chi connectivity index (χ1n) is 8.25. The lowest BCUT2D eigenvalue weighted by Crippen LogP contribution is -2.54. The van der Waals surface area contributed by atoms with Gasteiger partial charge < -0.3 is 9.32 Å². The van der Waals surface area contributed by atoms with Crippen molar-refractivity contribution in [3.05, 3.63) is 42.4 Å². The predicted octanol–water partition coefficient (Wildman–Crippen LogP) is 2.90. The van der Waals surface area contributed by atoms with Gasteiger partial charge in [-0.25, -0.2) is 4.98 Å². The molecule has 0 aliphatic carbocycles. The molecule has 0 saturated carbocycles. The molecule has 0 radical (unpaired) electrons. The lowest BCUT2D eigenvalue weighted by Gasteiger charge is -2.41. The van der Waals surface area contributed by atoms with Crippen molar-refractivity contribution in [3.63, 3.8) is 0 Å². The molecule has 3 rings (SSSR count). The molecule has 1 amide bonds. The molecule has 5 heteroatoms. The lowest BCUT2D eigenvalue weighted by atomic mass is 10.1. The molecule has 2 heterocycles. The van der Waals surface area contributed by atoms with Crippen molar-refractivity contribution in [1.82, 2.24) is 14.8 Å². The van der Waals surface area contributed by atoms with Gasteiger partial charge in [0.25, 0.3) is 5.91 Å². The van der Waals surface area contributed by atoms with Gasteiger partial charge in [0.2, 0.25) is 0 Å². The Morgan fingerprint density at radius 2 is 2.04 bits per heavy atom. The minimum atomic E-state index is 0.122. The van der Waals surface area contributed by atoms with Gasteiger partial charge in [0.05, 0.1) is 6.20 Å². The Hall–Kier alpha value is -2.14. The van der Waals surface area contributed by atoms with Crippen molar-refractivity contribution >= 4 is 5.91 Å². The van der Waals surface area contributed by atoms with Crippen LogP contribution in [0.3, 0.4) is 0 Å². The Bertz CT molecular complexity index is 637. The van der Waals surface area contributed by atoms with Crippen LogP contribution in [0.25, 0.3) is 11.3 Å². The topological polar surface area (TPSA) is 49.6 Å². The summed E-state index contributed by atoms with van der Waals surface area (Å²) in [6, 6.07) is 7.87. The van der Waals surface area contributed by atoms with Crippen LogP contribution in [0.5, 0.6) is 0 Å². The summed E-state index contributed by atoms with van der Waals surface area (Å²) >= 11 is 0. The number of amides is 1. The van der Waals surface area contributed by atoms with Crippen LogP contribution in [-0.2, 0) is 0 Å². The van der Waals surface area contributed by atoms with Gasteiger partial charge in [0.1, 0.15) is 0 Å². The smallest absolute Gasteiger partial charge is 0.254 e. The normalized spacial score (nSPS) is 19.0. The van der Waals surface area contributed by atoms with Gasteiger partial charge in [-0.3, -0.25) is 9.69 Å². The SMILES string of the molecule is CC[C@@H]1CN(CC)CCN1C(=O)c1ccc(-c2cnco2)cc1. The summed E-state index contributed by atoms with van der Waals surface area (Å²) < 4.78 is 5.28. The molecule has 122 valence electrons. The van der Waals surface area contributed by atoms with Crippen molar-refractivity contribution in [2.75, 3.05) is 26.2 Å². The molecule has 0 N–H and O–H groups in total. The number of benzene rings is 1. The van der Waals surface area contributed by atoms with E-state index < -0.39 is 0 Å². The van der Waals surface area contributed by atoms with Gasteiger partial charge in [0.15, 0.2) is 12.2 Å². The summed E-state index contributed by atoms with van der Waals surface area (Å²) in [7, 11) is 0. The summed E-state index contributed by atoms with van der Waals surface area (Å²) in [4.78, 5) is 21.2. The van der Waals surface area contributed by atoms with Crippen LogP contribution < -0.4 is 0 Å². The first-order valence-corrected chi connectivity index (χ1v) is 8.25. The van der Waals surface area contributed by atoms with Crippen molar-refractivity contribution in [1.29, 1.82) is 0 Å². The summed E-state index contributed by atoms with van der Waals surface area (Å²) in [5.74, 6) is 0.837. The van der Waals surface area contributed by atoms with Crippen LogP contribution >= 0.6 is 0 Å². The highest BCUT2D eigenvalue weighted by atomic mass is 16.3. The summed E-state index contributed by atoms with van der Waals surface area (Å²) in [5, 5.41) is 0. The monoisotopic (exact) mass is 313 g/mol. The largest absolute Gasteiger partial charge is 0.444 e. The molecule has 0 spiro atoms. The highest BCUT2D eigenvalue weighted by Crippen LogP contribution is 2.21. The third-order valence-corrected chi connectivity index (χ3v) is 4.59. The third kappa shape index (κ3) is 3.29. The molecule has 1 aromatic heterocycles. The van der Waals surface area contributed by atoms with Gasteiger partial charge in [-0.1, -0.05) is 26.0 Å². The van der Waals surface area contributed by atoms with Crippen LogP contribution in [0, 0.1) is 0 Å². The molecule has 23 heavy (non-hydrogen) atoms. The van der Waals surface area contributed by atoms with E-state index in [2.05, 4.69) is 23.7 Å². The van der Waals surface area contributed by atoms with E-state index in [1.807, 2.05) is 29.2 Å². The van der Waals surface area contributed by atoms with Crippen LogP contribution in [-0.4, -0.2) is 52.9 Å². The van der Waals surface area contributed by atoms with E-state index in [0.717, 1.165) is 43.7 Å². The van der Waals surface area contributed by atoms with E-state index in [-0.39, 0.29) is 5.91 Å². The molecule has 1 aromatic carbocycles. The molecular formula is C18H23N3O2. The number of carbonyl (C=O) groups is 1. The van der Waals surface area contributed by atoms with E-state index in [1.54, 1.807) is 6.20 Å². The Morgan fingerprint density at radius 3 is 2.65 bits per heavy atom. The Kier molecular flexibility index (Phi) is 4.76. The maximum absolute atomic E-state index is 12.8. The van der Waals surface area contributed by atoms with Gasteiger partial charge in [-0.05, 0) is 25.1 Å². The third-order valence-electron chi connectivity index (χ3n) is 4.59. The van der Waals surface area contributed by atoms with E-state index in [0.29, 0.717) is 11.8 Å². The lowest BCUT2D eigenvalue weighted by molar-refractivity contribution is 0.0456. The predicted molar refractivity (Wildman–Crippen MR) is 89.2 cm³/mol. The fraction of sp³-hybridized carbons (Fsp3) is 0.444. The number of oxazole rings is 1. The van der Waals surface area contributed by atoms with Gasteiger partial charge >= 0.3 is 0 Å². The first kappa shape index (κ1) is 15.7. The van der Waals surface area contributed by atoms with Crippen LogP contribution in [0.2, 0.25) is 0 Å². The number of likely N-dealkylation sites (N-methyl/N-ethyl adjacent to an activating group) is 1. The van der Waals surface area contributed by atoms with Crippen LogP contribution in [0.4, 0.5) is 0 Å². The van der Waals surface area contributed by atoms with E-state index in [1.165, 1.54) is 6.39 Å². The molecule has 0 unspecified atom stereocenters. The second kappa shape index (κ2) is 6.96. The van der Waals surface area contributed by atoms with Crippen LogP contribution in [0.15, 0.2) is 41.3 Å². The fourth-order valence-electron chi connectivity index (χ4n) is 3.12. The van der Waals surface area contributed by atoms with E-state index in [9.17, 15) is 4.79 Å². The highest BCUT2D eigenvalue weighted by Gasteiger charge is 2.29. The number of nitrogens with zero attached hydrogens (tertiary/aromatic N) is 3. The summed E-state index contributed by atoms with van der Waals surface area (Å²) in [6.07, 6.45) is 4.07. The quantitative estimate of drug-likeness (QED) is 0.871. The minimum absolute atomic E-state index is 0.122. The number of piperazine rings is 1. The van der Waals surface area contributed by atoms with Gasteiger partial charge in [-0.2, -0.15) is 0 Å². The molecule has 1 saturated heterocycles. The van der Waals surface area contributed by atoms with Crippen molar-refractivity contribution in [2.24, 2.45) is 0 Å². The highest BCUT2D eigenvalue weighted by molar-refractivity contribution is 5.95. The molecule has 1 fully saturated rings. The van der Waals surface area contributed by atoms with E-state index in [4.69, 9.17) is 4.42 Å². The maximum Gasteiger partial charge on any atom is 0.254 e. The average Bonchev–Trinajstić information content (AvgIpc) is 3.15. The molecule has 0 bridgehead atoms. The number of rotatable bonds is 4. The van der Waals surface area contributed by atoms with Crippen molar-refractivity contribution < 1.29 is 9.21 Å². The zero-order chi connectivity index (χ0) is 16.2. The molecule has 5 nitrogen and oxygen atoms in total. The van der Waals surface area contributed by atoms with E-state index >= 15 is 0 Å². The fourth-order valence-corrected chi connectivity index (χ4v) is 3.12. The summed E-state index contributed by atoms with van der Waals surface area (Å²) in [5.41, 5.74) is 1.67. The van der Waals surface area contributed by atoms with Crippen molar-refractivity contribution in [3.8, 4) is 11.3 Å². The minimum Gasteiger partial charge on any atom is -0.444 e. The van der Waals surface area contributed by atoms with Crippen molar-refractivity contribution in [2.45, 2.75) is 26.3 Å². The molecule has 2 aromatic rings.